The normalized spacial score (nSPS) is 10.8. The lowest BCUT2D eigenvalue weighted by molar-refractivity contribution is 0.420. The maximum atomic E-state index is 13.8. The first-order valence-corrected chi connectivity index (χ1v) is 8.78. The Kier molecular flexibility index (Phi) is 6.07. The summed E-state index contributed by atoms with van der Waals surface area (Å²) in [6.07, 6.45) is 2.72. The average Bonchev–Trinajstić information content (AvgIpc) is 3.07. The Labute approximate surface area is 172 Å². The molecule has 3 rings (SSSR count). The molecule has 0 amide bonds. The van der Waals surface area contributed by atoms with Crippen LogP contribution in [0.5, 0.6) is 0 Å². The number of anilines is 2. The number of thiocarbonyl (C=S) groups is 1. The molecule has 0 radical (unpaired) electrons. The summed E-state index contributed by atoms with van der Waals surface area (Å²) in [5.74, 6) is -6.16. The molecule has 3 aromatic rings. The number of nitrogens with zero attached hydrogens (tertiary/aromatic N) is 2. The number of rotatable bonds is 4. The van der Waals surface area contributed by atoms with Crippen LogP contribution in [-0.4, -0.2) is 14.9 Å². The van der Waals surface area contributed by atoms with Gasteiger partial charge in [0.25, 0.3) is 0 Å². The van der Waals surface area contributed by atoms with Crippen molar-refractivity contribution in [2.45, 2.75) is 6.54 Å². The van der Waals surface area contributed by atoms with E-state index in [0.29, 0.717) is 21.4 Å². The highest BCUT2D eigenvalue weighted by molar-refractivity contribution is 7.80. The van der Waals surface area contributed by atoms with Crippen LogP contribution in [0.4, 0.5) is 28.9 Å². The number of aromatic nitrogens is 2. The minimum atomic E-state index is -1.74. The smallest absolute Gasteiger partial charge is 0.194 e. The molecule has 146 valence electrons. The second-order valence-electron chi connectivity index (χ2n) is 5.58. The van der Waals surface area contributed by atoms with Crippen molar-refractivity contribution in [3.8, 4) is 0 Å². The van der Waals surface area contributed by atoms with Crippen LogP contribution in [0.3, 0.4) is 0 Å². The van der Waals surface area contributed by atoms with Gasteiger partial charge >= 0.3 is 0 Å². The van der Waals surface area contributed by atoms with Gasteiger partial charge in [-0.05, 0) is 30.4 Å². The number of hydrogen-bond donors (Lipinski definition) is 2. The zero-order valence-electron chi connectivity index (χ0n) is 13.7. The van der Waals surface area contributed by atoms with Gasteiger partial charge in [0.2, 0.25) is 0 Å². The molecule has 0 aliphatic heterocycles. The predicted octanol–water partition coefficient (Wildman–Crippen LogP) is 5.60. The molecule has 0 aliphatic carbocycles. The molecule has 1 heterocycles. The van der Waals surface area contributed by atoms with Crippen molar-refractivity contribution in [1.82, 2.24) is 9.78 Å². The molecule has 1 aromatic heterocycles. The zero-order chi connectivity index (χ0) is 20.4. The van der Waals surface area contributed by atoms with Crippen LogP contribution in [0.15, 0.2) is 36.7 Å². The van der Waals surface area contributed by atoms with Gasteiger partial charge in [-0.25, -0.2) is 17.6 Å². The van der Waals surface area contributed by atoms with Gasteiger partial charge in [0.15, 0.2) is 22.6 Å². The molecule has 0 atom stereocenters. The van der Waals surface area contributed by atoms with Crippen molar-refractivity contribution >= 4 is 51.9 Å². The van der Waals surface area contributed by atoms with Crippen molar-refractivity contribution in [2.75, 3.05) is 10.6 Å². The first-order valence-electron chi connectivity index (χ1n) is 7.62. The van der Waals surface area contributed by atoms with E-state index in [2.05, 4.69) is 15.7 Å². The Morgan fingerprint density at radius 1 is 1.04 bits per heavy atom. The van der Waals surface area contributed by atoms with Crippen molar-refractivity contribution < 1.29 is 17.6 Å². The lowest BCUT2D eigenvalue weighted by Crippen LogP contribution is -2.19. The van der Waals surface area contributed by atoms with Gasteiger partial charge in [-0.3, -0.25) is 4.68 Å². The fourth-order valence-corrected chi connectivity index (χ4v) is 2.87. The SMILES string of the molecule is Fc1cc(F)c(Cn2cc(NC(=S)Nc3cc(Cl)ccc3Cl)cn2)c(F)c1F. The average molecular weight is 449 g/mol. The van der Waals surface area contributed by atoms with Gasteiger partial charge in [-0.15, -0.1) is 0 Å². The zero-order valence-corrected chi connectivity index (χ0v) is 16.1. The summed E-state index contributed by atoms with van der Waals surface area (Å²) < 4.78 is 55.0. The van der Waals surface area contributed by atoms with Crippen molar-refractivity contribution in [3.63, 3.8) is 0 Å². The number of benzene rings is 2. The molecule has 2 N–H and O–H groups in total. The van der Waals surface area contributed by atoms with Crippen molar-refractivity contribution in [3.05, 3.63) is 75.5 Å². The maximum absolute atomic E-state index is 13.8. The van der Waals surface area contributed by atoms with Crippen LogP contribution >= 0.6 is 35.4 Å². The molecular weight excluding hydrogens is 439 g/mol. The van der Waals surface area contributed by atoms with E-state index in [-0.39, 0.29) is 11.2 Å². The van der Waals surface area contributed by atoms with Crippen LogP contribution in [0.25, 0.3) is 0 Å². The van der Waals surface area contributed by atoms with E-state index >= 15 is 0 Å². The molecule has 2 aromatic carbocycles. The van der Waals surface area contributed by atoms with Crippen LogP contribution in [0.2, 0.25) is 10.0 Å². The van der Waals surface area contributed by atoms with Crippen LogP contribution in [0.1, 0.15) is 5.56 Å². The molecule has 0 bridgehead atoms. The van der Waals surface area contributed by atoms with Gasteiger partial charge in [0, 0.05) is 22.8 Å². The summed E-state index contributed by atoms with van der Waals surface area (Å²) in [6.45, 7) is -0.448. The lowest BCUT2D eigenvalue weighted by Gasteiger charge is -2.10. The Balaban J connectivity index is 1.70. The molecule has 11 heteroatoms. The van der Waals surface area contributed by atoms with Gasteiger partial charge in [0.1, 0.15) is 5.82 Å². The Hall–Kier alpha value is -2.36. The first kappa shape index (κ1) is 20.4. The van der Waals surface area contributed by atoms with Crippen LogP contribution < -0.4 is 10.6 Å². The maximum Gasteiger partial charge on any atom is 0.194 e. The van der Waals surface area contributed by atoms with E-state index in [1.165, 1.54) is 12.4 Å². The standard InChI is InChI=1S/C17H10Cl2F4N4S/c18-8-1-2-11(19)14(3-8)26-17(28)25-9-5-24-27(6-9)7-10-12(20)4-13(21)16(23)15(10)22/h1-6H,7H2,(H2,25,26,28). The first-order chi connectivity index (χ1) is 13.2. The van der Waals surface area contributed by atoms with Crippen LogP contribution in [-0.2, 0) is 6.54 Å². The van der Waals surface area contributed by atoms with E-state index in [4.69, 9.17) is 35.4 Å². The Bertz CT molecular complexity index is 1060. The molecule has 0 saturated carbocycles. The summed E-state index contributed by atoms with van der Waals surface area (Å²) in [7, 11) is 0. The van der Waals surface area contributed by atoms with Gasteiger partial charge in [-0.1, -0.05) is 23.2 Å². The van der Waals surface area contributed by atoms with Crippen molar-refractivity contribution in [1.29, 1.82) is 0 Å². The molecule has 0 unspecified atom stereocenters. The van der Waals surface area contributed by atoms with E-state index in [0.717, 1.165) is 4.68 Å². The minimum Gasteiger partial charge on any atom is -0.331 e. The van der Waals surface area contributed by atoms with E-state index in [9.17, 15) is 17.6 Å². The molecule has 4 nitrogen and oxygen atoms in total. The lowest BCUT2D eigenvalue weighted by atomic mass is 10.2. The second kappa shape index (κ2) is 8.34. The molecule has 0 saturated heterocycles. The number of halogens is 6. The van der Waals surface area contributed by atoms with Crippen LogP contribution in [0, 0.1) is 23.3 Å². The van der Waals surface area contributed by atoms with Gasteiger partial charge in [0.05, 0.1) is 29.1 Å². The highest BCUT2D eigenvalue weighted by Crippen LogP contribution is 2.25. The number of hydrogen-bond acceptors (Lipinski definition) is 2. The fourth-order valence-electron chi connectivity index (χ4n) is 2.30. The van der Waals surface area contributed by atoms with Crippen molar-refractivity contribution in [2.24, 2.45) is 0 Å². The summed E-state index contributed by atoms with van der Waals surface area (Å²) in [6, 6.07) is 5.07. The van der Waals surface area contributed by atoms with E-state index in [1.807, 2.05) is 0 Å². The third kappa shape index (κ3) is 4.54. The molecule has 0 aliphatic rings. The molecule has 0 fully saturated rings. The largest absolute Gasteiger partial charge is 0.331 e. The minimum absolute atomic E-state index is 0.161. The van der Waals surface area contributed by atoms with E-state index < -0.39 is 35.4 Å². The highest BCUT2D eigenvalue weighted by atomic mass is 35.5. The number of nitrogens with one attached hydrogen (secondary N) is 2. The monoisotopic (exact) mass is 448 g/mol. The summed E-state index contributed by atoms with van der Waals surface area (Å²) in [4.78, 5) is 0. The Morgan fingerprint density at radius 2 is 1.79 bits per heavy atom. The summed E-state index contributed by atoms with van der Waals surface area (Å²) >= 11 is 17.1. The molecule has 28 heavy (non-hydrogen) atoms. The third-order valence-electron chi connectivity index (χ3n) is 3.60. The third-order valence-corrected chi connectivity index (χ3v) is 4.37. The second-order valence-corrected chi connectivity index (χ2v) is 6.83. The van der Waals surface area contributed by atoms with Gasteiger partial charge in [-0.2, -0.15) is 5.10 Å². The van der Waals surface area contributed by atoms with Gasteiger partial charge < -0.3 is 10.6 Å². The topological polar surface area (TPSA) is 41.9 Å². The fraction of sp³-hybridized carbons (Fsp3) is 0.0588. The molecular formula is C17H10Cl2F4N4S. The predicted molar refractivity (Wildman–Crippen MR) is 104 cm³/mol. The molecule has 0 spiro atoms. The summed E-state index contributed by atoms with van der Waals surface area (Å²) in [5.41, 5.74) is 0.212. The quantitative estimate of drug-likeness (QED) is 0.236. The highest BCUT2D eigenvalue weighted by Gasteiger charge is 2.19. The summed E-state index contributed by atoms with van der Waals surface area (Å²) in [5, 5.41) is 10.6. The Morgan fingerprint density at radius 3 is 2.54 bits per heavy atom. The van der Waals surface area contributed by atoms with E-state index in [1.54, 1.807) is 18.2 Å².